The number of likely N-dealkylation sites (N-methyl/N-ethyl adjacent to an activating group) is 1. The lowest BCUT2D eigenvalue weighted by Crippen LogP contribution is -2.23. The summed E-state index contributed by atoms with van der Waals surface area (Å²) in [5.41, 5.74) is 1.94. The van der Waals surface area contributed by atoms with Gasteiger partial charge in [-0.3, -0.25) is 9.67 Å². The first kappa shape index (κ1) is 12.8. The Bertz CT molecular complexity index is 541. The molecule has 0 saturated heterocycles. The predicted octanol–water partition coefficient (Wildman–Crippen LogP) is 1.61. The van der Waals surface area contributed by atoms with E-state index in [-0.39, 0.29) is 12.1 Å². The molecule has 2 rings (SSSR count). The average molecular weight is 248 g/mol. The number of aliphatic hydroxyl groups excluding tert-OH is 1. The molecule has 0 spiro atoms. The summed E-state index contributed by atoms with van der Waals surface area (Å²) in [6, 6.07) is 0. The van der Waals surface area contributed by atoms with Gasteiger partial charge in [-0.25, -0.2) is 0 Å². The summed E-state index contributed by atoms with van der Waals surface area (Å²) in [5, 5.41) is 14.5. The lowest BCUT2D eigenvalue weighted by Gasteiger charge is -2.21. The number of nitrogens with zero attached hydrogens (tertiary/aromatic N) is 4. The van der Waals surface area contributed by atoms with E-state index in [0.717, 1.165) is 16.6 Å². The average Bonchev–Trinajstić information content (AvgIpc) is 2.72. The fraction of sp³-hybridized carbons (Fsp3) is 0.538. The zero-order chi connectivity index (χ0) is 13.3. The van der Waals surface area contributed by atoms with Gasteiger partial charge in [-0.2, -0.15) is 5.10 Å². The van der Waals surface area contributed by atoms with E-state index in [4.69, 9.17) is 5.11 Å². The van der Waals surface area contributed by atoms with Crippen molar-refractivity contribution in [1.82, 2.24) is 14.8 Å². The highest BCUT2D eigenvalue weighted by molar-refractivity contribution is 5.90. The molecule has 5 nitrogen and oxygen atoms in total. The van der Waals surface area contributed by atoms with Crippen LogP contribution in [0.4, 0.5) is 5.69 Å². The Morgan fingerprint density at radius 2 is 2.00 bits per heavy atom. The Morgan fingerprint density at radius 3 is 2.61 bits per heavy atom. The van der Waals surface area contributed by atoms with Gasteiger partial charge in [0.05, 0.1) is 41.9 Å². The standard InChI is InChI=1S/C13H20N4O/c1-13(2,3)17-12-9-14-8-11(10(12)7-15-17)16(4)5-6-18/h7-9,18H,5-6H2,1-4H3. The van der Waals surface area contributed by atoms with Gasteiger partial charge in [0, 0.05) is 19.0 Å². The number of fused-ring (bicyclic) bond motifs is 1. The summed E-state index contributed by atoms with van der Waals surface area (Å²) in [4.78, 5) is 6.27. The molecule has 0 saturated carbocycles. The zero-order valence-corrected chi connectivity index (χ0v) is 11.4. The second kappa shape index (κ2) is 4.57. The van der Waals surface area contributed by atoms with Crippen molar-refractivity contribution in [1.29, 1.82) is 0 Å². The monoisotopic (exact) mass is 248 g/mol. The molecule has 2 aromatic heterocycles. The molecule has 1 N–H and O–H groups in total. The summed E-state index contributed by atoms with van der Waals surface area (Å²) in [5.74, 6) is 0. The van der Waals surface area contributed by atoms with Crippen molar-refractivity contribution in [2.75, 3.05) is 25.1 Å². The molecule has 0 aliphatic heterocycles. The molecule has 0 aliphatic carbocycles. The molecule has 0 aliphatic rings. The second-order valence-electron chi connectivity index (χ2n) is 5.46. The lowest BCUT2D eigenvalue weighted by molar-refractivity contribution is 0.304. The van der Waals surface area contributed by atoms with Crippen LogP contribution in [0, 0.1) is 0 Å². The molecule has 2 aromatic rings. The number of pyridine rings is 1. The minimum absolute atomic E-state index is 0.0718. The Morgan fingerprint density at radius 1 is 1.28 bits per heavy atom. The fourth-order valence-corrected chi connectivity index (χ4v) is 2.04. The predicted molar refractivity (Wildman–Crippen MR) is 72.9 cm³/mol. The molecule has 98 valence electrons. The Balaban J connectivity index is 2.55. The Kier molecular flexibility index (Phi) is 3.26. The summed E-state index contributed by atoms with van der Waals surface area (Å²) in [6.45, 7) is 7.05. The van der Waals surface area contributed by atoms with Crippen molar-refractivity contribution in [3.63, 3.8) is 0 Å². The first-order chi connectivity index (χ1) is 8.45. The number of hydrogen-bond donors (Lipinski definition) is 1. The van der Waals surface area contributed by atoms with Crippen molar-refractivity contribution < 1.29 is 5.11 Å². The molecule has 0 unspecified atom stereocenters. The van der Waals surface area contributed by atoms with Gasteiger partial charge in [0.2, 0.25) is 0 Å². The molecule has 2 heterocycles. The smallest absolute Gasteiger partial charge is 0.0892 e. The van der Waals surface area contributed by atoms with E-state index < -0.39 is 0 Å². The van der Waals surface area contributed by atoms with Crippen LogP contribution >= 0.6 is 0 Å². The summed E-state index contributed by atoms with van der Waals surface area (Å²) >= 11 is 0. The number of aliphatic hydroxyl groups is 1. The highest BCUT2D eigenvalue weighted by Gasteiger charge is 2.19. The van der Waals surface area contributed by atoms with Crippen molar-refractivity contribution in [2.45, 2.75) is 26.3 Å². The molecule has 0 aromatic carbocycles. The SMILES string of the molecule is CN(CCO)c1cncc2c1cnn2C(C)(C)C. The third-order valence-electron chi connectivity index (χ3n) is 2.96. The zero-order valence-electron chi connectivity index (χ0n) is 11.4. The largest absolute Gasteiger partial charge is 0.395 e. The third kappa shape index (κ3) is 2.18. The van der Waals surface area contributed by atoms with Crippen molar-refractivity contribution in [3.05, 3.63) is 18.6 Å². The van der Waals surface area contributed by atoms with Gasteiger partial charge in [-0.15, -0.1) is 0 Å². The molecule has 0 fully saturated rings. The maximum Gasteiger partial charge on any atom is 0.0892 e. The first-order valence-corrected chi connectivity index (χ1v) is 6.09. The minimum atomic E-state index is -0.0718. The van der Waals surface area contributed by atoms with Crippen LogP contribution in [0.2, 0.25) is 0 Å². The van der Waals surface area contributed by atoms with E-state index in [1.165, 1.54) is 0 Å². The normalized spacial score (nSPS) is 12.1. The van der Waals surface area contributed by atoms with Gasteiger partial charge < -0.3 is 10.0 Å². The van der Waals surface area contributed by atoms with Crippen molar-refractivity contribution >= 4 is 16.6 Å². The van der Waals surface area contributed by atoms with E-state index in [1.54, 1.807) is 0 Å². The van der Waals surface area contributed by atoms with Crippen LogP contribution in [0.5, 0.6) is 0 Å². The topological polar surface area (TPSA) is 54.2 Å². The Hall–Kier alpha value is -1.62. The quantitative estimate of drug-likeness (QED) is 0.896. The number of hydrogen-bond acceptors (Lipinski definition) is 4. The molecular weight excluding hydrogens is 228 g/mol. The second-order valence-corrected chi connectivity index (χ2v) is 5.46. The number of rotatable bonds is 3. The van der Waals surface area contributed by atoms with Crippen LogP contribution in [0.25, 0.3) is 10.9 Å². The molecular formula is C13H20N4O. The maximum absolute atomic E-state index is 9.02. The fourth-order valence-electron chi connectivity index (χ4n) is 2.04. The van der Waals surface area contributed by atoms with Gasteiger partial charge in [0.1, 0.15) is 0 Å². The molecule has 0 atom stereocenters. The maximum atomic E-state index is 9.02. The summed E-state index contributed by atoms with van der Waals surface area (Å²) in [6.07, 6.45) is 5.52. The number of anilines is 1. The van der Waals surface area contributed by atoms with Crippen LogP contribution in [-0.2, 0) is 5.54 Å². The van der Waals surface area contributed by atoms with Crippen LogP contribution < -0.4 is 4.90 Å². The van der Waals surface area contributed by atoms with E-state index in [1.807, 2.05) is 35.2 Å². The van der Waals surface area contributed by atoms with Crippen molar-refractivity contribution in [2.24, 2.45) is 0 Å². The van der Waals surface area contributed by atoms with E-state index in [2.05, 4.69) is 30.9 Å². The first-order valence-electron chi connectivity index (χ1n) is 6.09. The van der Waals surface area contributed by atoms with Gasteiger partial charge in [0.25, 0.3) is 0 Å². The van der Waals surface area contributed by atoms with Gasteiger partial charge in [-0.05, 0) is 20.8 Å². The lowest BCUT2D eigenvalue weighted by atomic mass is 10.1. The summed E-state index contributed by atoms with van der Waals surface area (Å²) < 4.78 is 1.98. The van der Waals surface area contributed by atoms with Crippen LogP contribution in [0.1, 0.15) is 20.8 Å². The third-order valence-corrected chi connectivity index (χ3v) is 2.96. The molecule has 0 bridgehead atoms. The highest BCUT2D eigenvalue weighted by Crippen LogP contribution is 2.27. The van der Waals surface area contributed by atoms with Gasteiger partial charge >= 0.3 is 0 Å². The van der Waals surface area contributed by atoms with Crippen LogP contribution in [-0.4, -0.2) is 40.1 Å². The highest BCUT2D eigenvalue weighted by atomic mass is 16.3. The molecule has 0 radical (unpaired) electrons. The van der Waals surface area contributed by atoms with Crippen molar-refractivity contribution in [3.8, 4) is 0 Å². The molecule has 5 heteroatoms. The van der Waals surface area contributed by atoms with E-state index >= 15 is 0 Å². The van der Waals surface area contributed by atoms with Crippen LogP contribution in [0.3, 0.4) is 0 Å². The Labute approximate surface area is 107 Å². The van der Waals surface area contributed by atoms with Gasteiger partial charge in [-0.1, -0.05) is 0 Å². The van der Waals surface area contributed by atoms with Gasteiger partial charge in [0.15, 0.2) is 0 Å². The van der Waals surface area contributed by atoms with E-state index in [0.29, 0.717) is 6.54 Å². The summed E-state index contributed by atoms with van der Waals surface area (Å²) in [7, 11) is 1.95. The van der Waals surface area contributed by atoms with E-state index in [9.17, 15) is 0 Å². The molecule has 18 heavy (non-hydrogen) atoms. The molecule has 0 amide bonds. The van der Waals surface area contributed by atoms with Crippen LogP contribution in [0.15, 0.2) is 18.6 Å². The number of aromatic nitrogens is 3. The minimum Gasteiger partial charge on any atom is -0.395 e.